The van der Waals surface area contributed by atoms with Gasteiger partial charge in [-0.2, -0.15) is 0 Å². The number of hydrogen-bond acceptors (Lipinski definition) is 12. The Morgan fingerprint density at radius 3 is 1.26 bits per heavy atom. The van der Waals surface area contributed by atoms with Gasteiger partial charge in [-0.25, -0.2) is 30.9 Å². The molecule has 0 fully saturated rings. The smallest absolute Gasteiger partial charge is 0.266 e. The second-order valence-electron chi connectivity index (χ2n) is 18.8. The molecule has 15 heteroatoms. The predicted molar refractivity (Wildman–Crippen MR) is 288 cm³/mol. The highest BCUT2D eigenvalue weighted by molar-refractivity contribution is 6.74. The second-order valence-corrected chi connectivity index (χ2v) is 23.5. The zero-order valence-corrected chi connectivity index (χ0v) is 42.7. The Morgan fingerprint density at radius 1 is 0.521 bits per heavy atom. The molecule has 0 aliphatic heterocycles. The Labute approximate surface area is 428 Å². The molecular weight excluding hydrogens is 933 g/mol. The average molecular weight is 995 g/mol. The third-order valence-corrected chi connectivity index (χ3v) is 16.5. The molecule has 374 valence electrons. The Hall–Kier alpha value is -8.24. The second kappa shape index (κ2) is 25.7. The van der Waals surface area contributed by atoms with Gasteiger partial charge in [0.1, 0.15) is 61.1 Å². The molecule has 2 heterocycles. The van der Waals surface area contributed by atoms with E-state index >= 15 is 0 Å². The molecule has 73 heavy (non-hydrogen) atoms. The number of anilines is 2. The summed E-state index contributed by atoms with van der Waals surface area (Å²) in [6.45, 7) is 11.6. The minimum atomic E-state index is -2.18. The first kappa shape index (κ1) is 52.6. The highest BCUT2D eigenvalue weighted by Crippen LogP contribution is 2.36. The number of aromatic nitrogens is 4. The first-order valence-corrected chi connectivity index (χ1v) is 26.9. The van der Waals surface area contributed by atoms with Crippen LogP contribution in [0.3, 0.4) is 0 Å². The van der Waals surface area contributed by atoms with Gasteiger partial charge < -0.3 is 24.6 Å². The lowest BCUT2D eigenvalue weighted by Gasteiger charge is -2.35. The van der Waals surface area contributed by atoms with Crippen molar-refractivity contribution in [2.24, 2.45) is 0 Å². The number of carbonyl (C=O) groups excluding carboxylic acids is 2. The fourth-order valence-corrected chi connectivity index (χ4v) is 7.73. The van der Waals surface area contributed by atoms with E-state index in [0.29, 0.717) is 43.4 Å². The fourth-order valence-electron chi connectivity index (χ4n) is 7.07. The van der Waals surface area contributed by atoms with Crippen LogP contribution in [-0.2, 0) is 40.2 Å². The standard InChI is InChI=1S/C32H38N4O3Si.C26H24N4O3/c1-32(2,3)40(4,5)39-36-31(37)29(20-24-12-8-6-9-13-24)35-30-21-28(33-23-34-30)26-16-18-27(19-17-26)38-22-25-14-10-7-11-15-25;31-26(30-32)24(15-19-7-3-1-4-8-19)29-25-16-23(27-18-28-25)21-11-13-22(14-12-21)33-17-20-9-5-2-6-10-20/h6-19,21,23,29H,20,22H2,1-5H3,(H,36,37)(H,33,34,35);1-14,16,18,24,32H,15,17H2,(H,30,31)(H,27,28,29). The molecule has 2 amide bonds. The Bertz CT molecular complexity index is 2950. The summed E-state index contributed by atoms with van der Waals surface area (Å²) in [5, 5.41) is 15.5. The molecular formula is C58H62N8O6Si. The number of hydrogen-bond donors (Lipinski definition) is 5. The van der Waals surface area contributed by atoms with Crippen LogP contribution >= 0.6 is 0 Å². The normalized spacial score (nSPS) is 12.0. The summed E-state index contributed by atoms with van der Waals surface area (Å²) in [5.41, 5.74) is 11.9. The van der Waals surface area contributed by atoms with Crippen molar-refractivity contribution in [3.8, 4) is 34.0 Å². The maximum Gasteiger partial charge on any atom is 0.266 e. The highest BCUT2D eigenvalue weighted by atomic mass is 28.4. The monoisotopic (exact) mass is 994 g/mol. The fraction of sp³-hybridized carbons (Fsp3) is 0.207. The largest absolute Gasteiger partial charge is 0.489 e. The number of carbonyl (C=O) groups is 2. The quantitative estimate of drug-likeness (QED) is 0.0277. The summed E-state index contributed by atoms with van der Waals surface area (Å²) in [5.74, 6) is 1.79. The van der Waals surface area contributed by atoms with E-state index in [1.807, 2.05) is 176 Å². The van der Waals surface area contributed by atoms with Crippen molar-refractivity contribution in [3.05, 3.63) is 217 Å². The van der Waals surface area contributed by atoms with Crippen LogP contribution in [0.15, 0.2) is 195 Å². The van der Waals surface area contributed by atoms with Gasteiger partial charge in [-0.05, 0) is 88.9 Å². The van der Waals surface area contributed by atoms with Gasteiger partial charge in [0.2, 0.25) is 8.32 Å². The van der Waals surface area contributed by atoms with Crippen LogP contribution in [0.5, 0.6) is 11.5 Å². The van der Waals surface area contributed by atoms with Crippen LogP contribution in [0.2, 0.25) is 18.1 Å². The lowest BCUT2D eigenvalue weighted by atomic mass is 10.1. The molecule has 8 aromatic rings. The van der Waals surface area contributed by atoms with E-state index in [9.17, 15) is 9.59 Å². The molecule has 14 nitrogen and oxygen atoms in total. The number of rotatable bonds is 20. The summed E-state index contributed by atoms with van der Waals surface area (Å²) in [7, 11) is -2.18. The van der Waals surface area contributed by atoms with Gasteiger partial charge in [0.15, 0.2) is 0 Å². The summed E-state index contributed by atoms with van der Waals surface area (Å²) in [6, 6.07) is 57.2. The lowest BCUT2D eigenvalue weighted by molar-refractivity contribution is -0.130. The van der Waals surface area contributed by atoms with Crippen LogP contribution in [0, 0.1) is 0 Å². The van der Waals surface area contributed by atoms with Gasteiger partial charge in [0, 0.05) is 36.1 Å². The van der Waals surface area contributed by atoms with Crippen LogP contribution < -0.4 is 31.1 Å². The molecule has 0 radical (unpaired) electrons. The molecule has 8 rings (SSSR count). The molecule has 0 spiro atoms. The van der Waals surface area contributed by atoms with Crippen molar-refractivity contribution in [2.45, 2.75) is 77.0 Å². The minimum Gasteiger partial charge on any atom is -0.489 e. The molecule has 0 saturated heterocycles. The van der Waals surface area contributed by atoms with Gasteiger partial charge in [0.05, 0.1) is 11.4 Å². The molecule has 6 aromatic carbocycles. The lowest BCUT2D eigenvalue weighted by Crippen LogP contribution is -2.50. The number of benzene rings is 6. The Kier molecular flexibility index (Phi) is 18.5. The van der Waals surface area contributed by atoms with E-state index in [4.69, 9.17) is 19.2 Å². The van der Waals surface area contributed by atoms with Crippen molar-refractivity contribution >= 4 is 31.8 Å². The Balaban J connectivity index is 0.000000218. The van der Waals surface area contributed by atoms with Crippen molar-refractivity contribution in [2.75, 3.05) is 10.6 Å². The average Bonchev–Trinajstić information content (AvgIpc) is 3.42. The SMILES string of the molecule is CC(C)(C)[Si](C)(C)ONC(=O)C(Cc1ccccc1)Nc1cc(-c2ccc(OCc3ccccc3)cc2)ncn1.O=C(NO)C(Cc1ccccc1)Nc1cc(-c2ccc(OCc3ccccc3)cc2)ncn1. The van der Waals surface area contributed by atoms with E-state index in [2.05, 4.69) is 69.9 Å². The molecule has 0 bridgehead atoms. The number of amides is 2. The van der Waals surface area contributed by atoms with Crippen molar-refractivity contribution < 1.29 is 28.8 Å². The van der Waals surface area contributed by atoms with E-state index in [1.54, 1.807) is 11.5 Å². The molecule has 5 N–H and O–H groups in total. The topological polar surface area (TPSA) is 182 Å². The number of nitrogens with zero attached hydrogens (tertiary/aromatic N) is 4. The van der Waals surface area contributed by atoms with Crippen LogP contribution in [0.1, 0.15) is 43.0 Å². The van der Waals surface area contributed by atoms with Crippen molar-refractivity contribution in [3.63, 3.8) is 0 Å². The number of hydroxylamine groups is 2. The molecule has 2 atom stereocenters. The Morgan fingerprint density at radius 2 is 0.890 bits per heavy atom. The third kappa shape index (κ3) is 16.1. The molecule has 2 unspecified atom stereocenters. The van der Waals surface area contributed by atoms with E-state index in [1.165, 1.54) is 12.7 Å². The van der Waals surface area contributed by atoms with Crippen molar-refractivity contribution in [1.82, 2.24) is 30.9 Å². The minimum absolute atomic E-state index is 0.0354. The van der Waals surface area contributed by atoms with E-state index < -0.39 is 26.3 Å². The van der Waals surface area contributed by atoms with Gasteiger partial charge in [-0.3, -0.25) is 14.8 Å². The summed E-state index contributed by atoms with van der Waals surface area (Å²) < 4.78 is 17.8. The van der Waals surface area contributed by atoms with Crippen molar-refractivity contribution in [1.29, 1.82) is 0 Å². The maximum absolute atomic E-state index is 13.3. The summed E-state index contributed by atoms with van der Waals surface area (Å²) in [4.78, 5) is 43.0. The van der Waals surface area contributed by atoms with Gasteiger partial charge in [0.25, 0.3) is 11.8 Å². The molecule has 2 aromatic heterocycles. The third-order valence-electron chi connectivity index (χ3n) is 12.3. The van der Waals surface area contributed by atoms with Crippen LogP contribution in [0.25, 0.3) is 22.5 Å². The van der Waals surface area contributed by atoms with Gasteiger partial charge in [-0.1, -0.05) is 142 Å². The summed E-state index contributed by atoms with van der Waals surface area (Å²) >= 11 is 0. The predicted octanol–water partition coefficient (Wildman–Crippen LogP) is 11.0. The van der Waals surface area contributed by atoms with Gasteiger partial charge in [-0.15, -0.1) is 0 Å². The molecule has 0 saturated carbocycles. The highest BCUT2D eigenvalue weighted by Gasteiger charge is 2.39. The van der Waals surface area contributed by atoms with E-state index in [0.717, 1.165) is 50.6 Å². The first-order valence-electron chi connectivity index (χ1n) is 24.0. The van der Waals surface area contributed by atoms with E-state index in [-0.39, 0.29) is 10.9 Å². The van der Waals surface area contributed by atoms with Crippen LogP contribution in [0.4, 0.5) is 11.6 Å². The first-order chi connectivity index (χ1) is 35.3. The number of ether oxygens (including phenoxy) is 2. The van der Waals surface area contributed by atoms with Crippen LogP contribution in [-0.4, -0.2) is 57.4 Å². The number of nitrogens with one attached hydrogen (secondary N) is 4. The zero-order chi connectivity index (χ0) is 51.5. The summed E-state index contributed by atoms with van der Waals surface area (Å²) in [6.07, 6.45) is 3.80. The molecule has 0 aliphatic rings. The maximum atomic E-state index is 13.3. The van der Waals surface area contributed by atoms with Gasteiger partial charge >= 0.3 is 0 Å². The molecule has 0 aliphatic carbocycles. The zero-order valence-electron chi connectivity index (χ0n) is 41.7.